The number of nitrogens with zero attached hydrogens (tertiary/aromatic N) is 8. The Kier molecular flexibility index (Phi) is 6.59. The summed E-state index contributed by atoms with van der Waals surface area (Å²) in [6.07, 6.45) is -0.390. The number of carbonyl (C=O) groups is 1. The molecule has 206 valence electrons. The van der Waals surface area contributed by atoms with Gasteiger partial charge in [0.15, 0.2) is 17.0 Å². The second-order valence-electron chi connectivity index (χ2n) is 10.4. The Morgan fingerprint density at radius 3 is 2.51 bits per heavy atom. The lowest BCUT2D eigenvalue weighted by atomic mass is 10.1. The van der Waals surface area contributed by atoms with Gasteiger partial charge in [-0.15, -0.1) is 0 Å². The molecule has 0 unspecified atom stereocenters. The average Bonchev–Trinajstić information content (AvgIpc) is 3.47. The van der Waals surface area contributed by atoms with E-state index in [1.54, 1.807) is 7.11 Å². The summed E-state index contributed by atoms with van der Waals surface area (Å²) in [5, 5.41) is 0. The Labute approximate surface area is 226 Å². The molecular formula is C27H34N8O4. The number of para-hydroxylation sites is 2. The third kappa shape index (κ3) is 4.47. The number of amides is 1. The normalized spacial score (nSPS) is 17.3. The number of anilines is 1. The number of benzene rings is 1. The van der Waals surface area contributed by atoms with Crippen molar-refractivity contribution in [1.29, 1.82) is 0 Å². The minimum atomic E-state index is -0.274. The molecule has 12 heteroatoms. The van der Waals surface area contributed by atoms with Gasteiger partial charge >= 0.3 is 0 Å². The standard InChI is InChI=1S/C27H34N8O4/c1-16(2)25(36)34-14-18(15-34)39-27-29-21-23(32(27)4)30-26(31-24(21)33-10-12-38-13-11-33)35-20-9-7-6-8-19(20)28-22(35)17(3)37-5/h6-9,16-18H,10-15H2,1-5H3/t17-/m1/s1. The molecule has 6 rings (SSSR count). The van der Waals surface area contributed by atoms with Gasteiger partial charge in [-0.3, -0.25) is 13.9 Å². The molecule has 1 atom stereocenters. The van der Waals surface area contributed by atoms with Gasteiger partial charge in [-0.1, -0.05) is 26.0 Å². The van der Waals surface area contributed by atoms with Crippen LogP contribution in [0.5, 0.6) is 6.01 Å². The van der Waals surface area contributed by atoms with Crippen LogP contribution in [0.4, 0.5) is 5.82 Å². The SMILES string of the molecule is CO[C@H](C)c1nc2ccccc2n1-c1nc(N2CCOCC2)c2nc(OC3CN(C(=O)C(C)C)C3)n(C)c2n1. The number of carbonyl (C=O) groups excluding carboxylic acids is 1. The van der Waals surface area contributed by atoms with Gasteiger partial charge in [0, 0.05) is 33.2 Å². The molecule has 2 aliphatic heterocycles. The molecule has 0 spiro atoms. The van der Waals surface area contributed by atoms with Crippen molar-refractivity contribution in [3.05, 3.63) is 30.1 Å². The third-order valence-electron chi connectivity index (χ3n) is 7.39. The number of likely N-dealkylation sites (tertiary alicyclic amines) is 1. The third-order valence-corrected chi connectivity index (χ3v) is 7.39. The first-order valence-electron chi connectivity index (χ1n) is 13.4. The van der Waals surface area contributed by atoms with Crippen molar-refractivity contribution in [1.82, 2.24) is 34.0 Å². The number of hydrogen-bond acceptors (Lipinski definition) is 9. The predicted molar refractivity (Wildman–Crippen MR) is 145 cm³/mol. The molecular weight excluding hydrogens is 500 g/mol. The molecule has 39 heavy (non-hydrogen) atoms. The summed E-state index contributed by atoms with van der Waals surface area (Å²) in [4.78, 5) is 36.0. The van der Waals surface area contributed by atoms with Crippen LogP contribution in [-0.2, 0) is 21.3 Å². The Balaban J connectivity index is 1.45. The first kappa shape index (κ1) is 25.5. The number of morpholine rings is 1. The van der Waals surface area contributed by atoms with Crippen molar-refractivity contribution in [3.8, 4) is 12.0 Å². The highest BCUT2D eigenvalue weighted by Crippen LogP contribution is 2.32. The molecule has 5 heterocycles. The van der Waals surface area contributed by atoms with Gasteiger partial charge in [0.05, 0.1) is 37.3 Å². The molecule has 1 aromatic carbocycles. The average molecular weight is 535 g/mol. The fourth-order valence-corrected chi connectivity index (χ4v) is 5.06. The second kappa shape index (κ2) is 10.1. The van der Waals surface area contributed by atoms with E-state index in [9.17, 15) is 4.79 Å². The Hall–Kier alpha value is -3.77. The van der Waals surface area contributed by atoms with Crippen molar-refractivity contribution in [2.75, 3.05) is 51.4 Å². The summed E-state index contributed by atoms with van der Waals surface area (Å²) in [6.45, 7) is 9.48. The van der Waals surface area contributed by atoms with Gasteiger partial charge < -0.3 is 24.0 Å². The number of rotatable bonds is 7. The van der Waals surface area contributed by atoms with Crippen molar-refractivity contribution in [2.24, 2.45) is 13.0 Å². The van der Waals surface area contributed by atoms with E-state index in [4.69, 9.17) is 34.1 Å². The lowest BCUT2D eigenvalue weighted by Crippen LogP contribution is -2.57. The van der Waals surface area contributed by atoms with Crippen molar-refractivity contribution < 1.29 is 19.0 Å². The van der Waals surface area contributed by atoms with Crippen LogP contribution in [0.15, 0.2) is 24.3 Å². The molecule has 4 aromatic rings. The number of imidazole rings is 2. The maximum Gasteiger partial charge on any atom is 0.298 e. The van der Waals surface area contributed by atoms with Crippen LogP contribution in [0.3, 0.4) is 0 Å². The zero-order valence-corrected chi connectivity index (χ0v) is 23.0. The minimum Gasteiger partial charge on any atom is -0.458 e. The quantitative estimate of drug-likeness (QED) is 0.353. The number of methoxy groups -OCH3 is 1. The highest BCUT2D eigenvalue weighted by atomic mass is 16.5. The maximum absolute atomic E-state index is 12.3. The van der Waals surface area contributed by atoms with Gasteiger partial charge in [0.25, 0.3) is 6.01 Å². The zero-order chi connectivity index (χ0) is 27.3. The summed E-state index contributed by atoms with van der Waals surface area (Å²) in [6, 6.07) is 8.38. The van der Waals surface area contributed by atoms with Gasteiger partial charge in [-0.05, 0) is 19.1 Å². The maximum atomic E-state index is 12.3. The van der Waals surface area contributed by atoms with Crippen LogP contribution in [0.25, 0.3) is 28.1 Å². The zero-order valence-electron chi connectivity index (χ0n) is 23.0. The smallest absolute Gasteiger partial charge is 0.298 e. The molecule has 2 fully saturated rings. The van der Waals surface area contributed by atoms with Crippen molar-refractivity contribution >= 4 is 33.9 Å². The predicted octanol–water partition coefficient (Wildman–Crippen LogP) is 2.49. The molecule has 0 bridgehead atoms. The van der Waals surface area contributed by atoms with E-state index in [1.165, 1.54) is 0 Å². The van der Waals surface area contributed by atoms with E-state index in [-0.39, 0.29) is 24.0 Å². The Morgan fingerprint density at radius 2 is 1.79 bits per heavy atom. The molecule has 0 saturated carbocycles. The summed E-state index contributed by atoms with van der Waals surface area (Å²) in [5.41, 5.74) is 3.05. The van der Waals surface area contributed by atoms with Gasteiger partial charge in [-0.25, -0.2) is 4.98 Å². The molecule has 0 radical (unpaired) electrons. The number of aromatic nitrogens is 6. The Bertz CT molecular complexity index is 1520. The van der Waals surface area contributed by atoms with Crippen molar-refractivity contribution in [2.45, 2.75) is 33.0 Å². The molecule has 2 saturated heterocycles. The van der Waals surface area contributed by atoms with E-state index < -0.39 is 0 Å². The van der Waals surface area contributed by atoms with Crippen LogP contribution in [0.1, 0.15) is 32.7 Å². The van der Waals surface area contributed by atoms with Crippen LogP contribution >= 0.6 is 0 Å². The first-order chi connectivity index (χ1) is 18.9. The van der Waals surface area contributed by atoms with E-state index in [0.717, 1.165) is 16.9 Å². The van der Waals surface area contributed by atoms with Gasteiger partial charge in [-0.2, -0.15) is 15.0 Å². The van der Waals surface area contributed by atoms with Crippen molar-refractivity contribution in [3.63, 3.8) is 0 Å². The summed E-state index contributed by atoms with van der Waals surface area (Å²) >= 11 is 0. The van der Waals surface area contributed by atoms with E-state index in [2.05, 4.69) is 4.90 Å². The molecule has 12 nitrogen and oxygen atoms in total. The number of fused-ring (bicyclic) bond motifs is 2. The van der Waals surface area contributed by atoms with E-state index in [1.807, 2.05) is 66.1 Å². The number of aryl methyl sites for hydroxylation is 1. The fourth-order valence-electron chi connectivity index (χ4n) is 5.06. The summed E-state index contributed by atoms with van der Waals surface area (Å²) < 4.78 is 21.3. The highest BCUT2D eigenvalue weighted by molar-refractivity contribution is 5.86. The number of hydrogen-bond donors (Lipinski definition) is 0. The second-order valence-corrected chi connectivity index (χ2v) is 10.4. The lowest BCUT2D eigenvalue weighted by molar-refractivity contribution is -0.143. The molecule has 1 amide bonds. The summed E-state index contributed by atoms with van der Waals surface area (Å²) in [5.74, 6) is 2.04. The molecule has 0 N–H and O–H groups in total. The largest absolute Gasteiger partial charge is 0.458 e. The topological polar surface area (TPSA) is 113 Å². The van der Waals surface area contributed by atoms with E-state index >= 15 is 0 Å². The van der Waals surface area contributed by atoms with Gasteiger partial charge in [0.2, 0.25) is 11.9 Å². The van der Waals surface area contributed by atoms with Crippen LogP contribution in [-0.4, -0.2) is 92.5 Å². The highest BCUT2D eigenvalue weighted by Gasteiger charge is 2.35. The van der Waals surface area contributed by atoms with E-state index in [0.29, 0.717) is 68.3 Å². The molecule has 2 aliphatic rings. The first-order valence-corrected chi connectivity index (χ1v) is 13.4. The van der Waals surface area contributed by atoms with Crippen LogP contribution in [0, 0.1) is 5.92 Å². The number of ether oxygens (including phenoxy) is 3. The monoisotopic (exact) mass is 534 g/mol. The minimum absolute atomic E-state index is 0.0311. The van der Waals surface area contributed by atoms with Crippen LogP contribution in [0.2, 0.25) is 0 Å². The Morgan fingerprint density at radius 1 is 1.05 bits per heavy atom. The lowest BCUT2D eigenvalue weighted by Gasteiger charge is -2.39. The molecule has 0 aliphatic carbocycles. The fraction of sp³-hybridized carbons (Fsp3) is 0.519. The van der Waals surface area contributed by atoms with Crippen LogP contribution < -0.4 is 9.64 Å². The molecule has 3 aromatic heterocycles. The summed E-state index contributed by atoms with van der Waals surface area (Å²) in [7, 11) is 3.56. The van der Waals surface area contributed by atoms with Gasteiger partial charge in [0.1, 0.15) is 18.0 Å².